The molecule has 1 aromatic carbocycles. The van der Waals surface area contributed by atoms with Gasteiger partial charge in [-0.3, -0.25) is 9.78 Å². The number of furan rings is 1. The molecule has 0 aliphatic rings. The summed E-state index contributed by atoms with van der Waals surface area (Å²) in [6.07, 6.45) is 4.15. The largest absolute Gasteiger partial charge is 0.463 e. The van der Waals surface area contributed by atoms with Crippen molar-refractivity contribution in [1.82, 2.24) is 10.3 Å². The first-order chi connectivity index (χ1) is 12.1. The van der Waals surface area contributed by atoms with E-state index in [9.17, 15) is 4.79 Å². The van der Waals surface area contributed by atoms with Gasteiger partial charge in [0.2, 0.25) is 5.91 Å². The number of benzene rings is 1. The standard InChI is InChI=1S/C19H16Cl2N2O2/c20-15-3-1-4-16(21)14(15)7-9-19(24)23-12-13-6-8-17(22-11-13)18-5-2-10-25-18/h1-6,8,10-11H,7,9,12H2,(H,23,24). The van der Waals surface area contributed by atoms with E-state index in [0.29, 0.717) is 35.2 Å². The molecule has 0 aliphatic carbocycles. The molecular weight excluding hydrogens is 359 g/mol. The monoisotopic (exact) mass is 374 g/mol. The van der Waals surface area contributed by atoms with Gasteiger partial charge in [-0.05, 0) is 47.9 Å². The summed E-state index contributed by atoms with van der Waals surface area (Å²) < 4.78 is 5.30. The number of hydrogen-bond acceptors (Lipinski definition) is 3. The molecule has 0 bridgehead atoms. The Kier molecular flexibility index (Phi) is 5.74. The summed E-state index contributed by atoms with van der Waals surface area (Å²) in [4.78, 5) is 16.4. The Morgan fingerprint density at radius 1 is 1.08 bits per heavy atom. The molecule has 3 rings (SSSR count). The molecule has 0 atom stereocenters. The van der Waals surface area contributed by atoms with Crippen LogP contribution in [0.3, 0.4) is 0 Å². The molecule has 2 heterocycles. The fraction of sp³-hybridized carbons (Fsp3) is 0.158. The number of hydrogen-bond donors (Lipinski definition) is 1. The van der Waals surface area contributed by atoms with Crippen LogP contribution < -0.4 is 5.32 Å². The average molecular weight is 375 g/mol. The lowest BCUT2D eigenvalue weighted by Gasteiger charge is -2.08. The van der Waals surface area contributed by atoms with Crippen molar-refractivity contribution in [3.8, 4) is 11.5 Å². The zero-order chi connectivity index (χ0) is 17.6. The maximum absolute atomic E-state index is 12.0. The molecule has 0 aliphatic heterocycles. The van der Waals surface area contributed by atoms with Crippen molar-refractivity contribution in [3.63, 3.8) is 0 Å². The minimum Gasteiger partial charge on any atom is -0.463 e. The number of carbonyl (C=O) groups is 1. The van der Waals surface area contributed by atoms with Crippen LogP contribution in [0.5, 0.6) is 0 Å². The number of carbonyl (C=O) groups excluding carboxylic acids is 1. The van der Waals surface area contributed by atoms with Crippen molar-refractivity contribution in [2.45, 2.75) is 19.4 Å². The second kappa shape index (κ2) is 8.19. The molecule has 25 heavy (non-hydrogen) atoms. The number of halogens is 2. The minimum absolute atomic E-state index is 0.0638. The zero-order valence-electron chi connectivity index (χ0n) is 13.3. The van der Waals surface area contributed by atoms with Crippen molar-refractivity contribution < 1.29 is 9.21 Å². The van der Waals surface area contributed by atoms with Crippen LogP contribution in [-0.2, 0) is 17.8 Å². The third-order valence-corrected chi connectivity index (χ3v) is 4.46. The molecule has 0 saturated carbocycles. The van der Waals surface area contributed by atoms with Gasteiger partial charge in [-0.1, -0.05) is 35.3 Å². The van der Waals surface area contributed by atoms with E-state index in [2.05, 4.69) is 10.3 Å². The lowest BCUT2D eigenvalue weighted by atomic mass is 10.1. The van der Waals surface area contributed by atoms with Crippen LogP contribution in [0.25, 0.3) is 11.5 Å². The Balaban J connectivity index is 1.51. The summed E-state index contributed by atoms with van der Waals surface area (Å²) in [5.74, 6) is 0.651. The Bertz CT molecular complexity index is 826. The van der Waals surface area contributed by atoms with Crippen molar-refractivity contribution >= 4 is 29.1 Å². The molecule has 4 nitrogen and oxygen atoms in total. The Morgan fingerprint density at radius 3 is 2.52 bits per heavy atom. The van der Waals surface area contributed by atoms with Crippen molar-refractivity contribution in [3.05, 3.63) is 76.1 Å². The maximum atomic E-state index is 12.0. The summed E-state index contributed by atoms with van der Waals surface area (Å²) in [6, 6.07) is 12.8. The quantitative estimate of drug-likeness (QED) is 0.667. The SMILES string of the molecule is O=C(CCc1c(Cl)cccc1Cl)NCc1ccc(-c2ccco2)nc1. The summed E-state index contributed by atoms with van der Waals surface area (Å²) in [5, 5.41) is 4.04. The second-order valence-corrected chi connectivity index (χ2v) is 6.32. The van der Waals surface area contributed by atoms with E-state index >= 15 is 0 Å². The molecule has 0 unspecified atom stereocenters. The zero-order valence-corrected chi connectivity index (χ0v) is 14.8. The van der Waals surface area contributed by atoms with Gasteiger partial charge in [0.25, 0.3) is 0 Å². The molecule has 1 N–H and O–H groups in total. The molecule has 1 amide bonds. The number of amides is 1. The molecule has 0 fully saturated rings. The van der Waals surface area contributed by atoms with Crippen LogP contribution in [0.2, 0.25) is 10.0 Å². The number of aromatic nitrogens is 1. The van der Waals surface area contributed by atoms with Gasteiger partial charge < -0.3 is 9.73 Å². The van der Waals surface area contributed by atoms with Crippen molar-refractivity contribution in [1.29, 1.82) is 0 Å². The van der Waals surface area contributed by atoms with Crippen LogP contribution in [0, 0.1) is 0 Å². The number of rotatable bonds is 6. The lowest BCUT2D eigenvalue weighted by Crippen LogP contribution is -2.23. The molecule has 0 spiro atoms. The Hall–Kier alpha value is -2.30. The van der Waals surface area contributed by atoms with Crippen molar-refractivity contribution in [2.24, 2.45) is 0 Å². The molecule has 128 valence electrons. The third kappa shape index (κ3) is 4.62. The van der Waals surface area contributed by atoms with Gasteiger partial charge >= 0.3 is 0 Å². The van der Waals surface area contributed by atoms with Crippen LogP contribution in [0.1, 0.15) is 17.5 Å². The maximum Gasteiger partial charge on any atom is 0.220 e. The van der Waals surface area contributed by atoms with E-state index in [0.717, 1.165) is 16.8 Å². The van der Waals surface area contributed by atoms with Crippen molar-refractivity contribution in [2.75, 3.05) is 0 Å². The number of nitrogens with zero attached hydrogens (tertiary/aromatic N) is 1. The predicted molar refractivity (Wildman–Crippen MR) is 98.6 cm³/mol. The van der Waals surface area contributed by atoms with E-state index < -0.39 is 0 Å². The van der Waals surface area contributed by atoms with E-state index in [4.69, 9.17) is 27.6 Å². The summed E-state index contributed by atoms with van der Waals surface area (Å²) in [5.41, 5.74) is 2.47. The van der Waals surface area contributed by atoms with Crippen LogP contribution in [0.4, 0.5) is 0 Å². The third-order valence-electron chi connectivity index (χ3n) is 3.75. The molecule has 6 heteroatoms. The van der Waals surface area contributed by atoms with Gasteiger partial charge in [-0.2, -0.15) is 0 Å². The summed E-state index contributed by atoms with van der Waals surface area (Å²) >= 11 is 12.2. The molecule has 0 saturated heterocycles. The highest BCUT2D eigenvalue weighted by Gasteiger charge is 2.09. The molecular formula is C19H16Cl2N2O2. The van der Waals surface area contributed by atoms with Crippen LogP contribution in [-0.4, -0.2) is 10.9 Å². The van der Waals surface area contributed by atoms with Gasteiger partial charge in [0.1, 0.15) is 5.69 Å². The Morgan fingerprint density at radius 2 is 1.88 bits per heavy atom. The van der Waals surface area contributed by atoms with Gasteiger partial charge in [-0.25, -0.2) is 0 Å². The van der Waals surface area contributed by atoms with Gasteiger partial charge in [0, 0.05) is 29.2 Å². The molecule has 2 aromatic heterocycles. The fourth-order valence-electron chi connectivity index (χ4n) is 2.40. The first kappa shape index (κ1) is 17.5. The second-order valence-electron chi connectivity index (χ2n) is 5.51. The number of pyridine rings is 1. The van der Waals surface area contributed by atoms with Crippen LogP contribution in [0.15, 0.2) is 59.3 Å². The van der Waals surface area contributed by atoms with E-state index in [1.54, 1.807) is 30.7 Å². The van der Waals surface area contributed by atoms with E-state index in [1.807, 2.05) is 24.3 Å². The summed E-state index contributed by atoms with van der Waals surface area (Å²) in [7, 11) is 0. The highest BCUT2D eigenvalue weighted by Crippen LogP contribution is 2.25. The smallest absolute Gasteiger partial charge is 0.220 e. The summed E-state index contributed by atoms with van der Waals surface area (Å²) in [6.45, 7) is 0.417. The molecule has 0 radical (unpaired) electrons. The minimum atomic E-state index is -0.0638. The first-order valence-corrected chi connectivity index (χ1v) is 8.57. The van der Waals surface area contributed by atoms with Gasteiger partial charge in [0.15, 0.2) is 5.76 Å². The highest BCUT2D eigenvalue weighted by atomic mass is 35.5. The van der Waals surface area contributed by atoms with E-state index in [-0.39, 0.29) is 5.91 Å². The highest BCUT2D eigenvalue weighted by molar-refractivity contribution is 6.36. The van der Waals surface area contributed by atoms with Gasteiger partial charge in [0.05, 0.1) is 6.26 Å². The van der Waals surface area contributed by atoms with Crippen LogP contribution >= 0.6 is 23.2 Å². The predicted octanol–water partition coefficient (Wildman–Crippen LogP) is 4.90. The molecule has 3 aromatic rings. The topological polar surface area (TPSA) is 55.1 Å². The Labute approximate surface area is 155 Å². The lowest BCUT2D eigenvalue weighted by molar-refractivity contribution is -0.121. The van der Waals surface area contributed by atoms with Gasteiger partial charge in [-0.15, -0.1) is 0 Å². The first-order valence-electron chi connectivity index (χ1n) is 7.82. The fourth-order valence-corrected chi connectivity index (χ4v) is 2.98. The van der Waals surface area contributed by atoms with E-state index in [1.165, 1.54) is 0 Å². The normalized spacial score (nSPS) is 10.6. The average Bonchev–Trinajstić information content (AvgIpc) is 3.14. The number of nitrogens with one attached hydrogen (secondary N) is 1.